The van der Waals surface area contributed by atoms with E-state index in [9.17, 15) is 8.42 Å². The van der Waals surface area contributed by atoms with E-state index in [1.54, 1.807) is 42.5 Å². The van der Waals surface area contributed by atoms with Crippen LogP contribution in [0.4, 0.5) is 5.69 Å². The zero-order valence-corrected chi connectivity index (χ0v) is 19.6. The SMILES string of the molecule is COc1ccc(S(=O)(=O)Nc2ccc3c(c2)C=CC(C)(COCc2ccc(C#N)cc2)O3)cc1. The molecule has 0 saturated carbocycles. The van der Waals surface area contributed by atoms with Crippen LogP contribution in [0.5, 0.6) is 11.5 Å². The molecule has 1 N–H and O–H groups in total. The van der Waals surface area contributed by atoms with Crippen LogP contribution in [0, 0.1) is 11.3 Å². The van der Waals surface area contributed by atoms with Gasteiger partial charge in [0.15, 0.2) is 0 Å². The van der Waals surface area contributed by atoms with Gasteiger partial charge < -0.3 is 14.2 Å². The van der Waals surface area contributed by atoms with E-state index in [2.05, 4.69) is 10.8 Å². The second kappa shape index (κ2) is 9.59. The summed E-state index contributed by atoms with van der Waals surface area (Å²) in [5, 5.41) is 8.89. The van der Waals surface area contributed by atoms with Crippen molar-refractivity contribution in [3.05, 3.63) is 89.5 Å². The van der Waals surface area contributed by atoms with Crippen molar-refractivity contribution < 1.29 is 22.6 Å². The summed E-state index contributed by atoms with van der Waals surface area (Å²) in [6.07, 6.45) is 3.80. The van der Waals surface area contributed by atoms with E-state index in [0.29, 0.717) is 36.0 Å². The molecule has 0 aliphatic carbocycles. The van der Waals surface area contributed by atoms with Gasteiger partial charge in [0.25, 0.3) is 10.0 Å². The zero-order chi connectivity index (χ0) is 24.2. The predicted octanol–water partition coefficient (Wildman–Crippen LogP) is 4.75. The van der Waals surface area contributed by atoms with Gasteiger partial charge in [-0.2, -0.15) is 5.26 Å². The minimum absolute atomic E-state index is 0.143. The third-order valence-electron chi connectivity index (χ3n) is 5.33. The van der Waals surface area contributed by atoms with Crippen LogP contribution >= 0.6 is 0 Å². The van der Waals surface area contributed by atoms with Crippen LogP contribution < -0.4 is 14.2 Å². The molecule has 4 rings (SSSR count). The normalized spacial score (nSPS) is 16.7. The highest BCUT2D eigenvalue weighted by molar-refractivity contribution is 7.92. The first-order chi connectivity index (χ1) is 16.3. The monoisotopic (exact) mass is 476 g/mol. The first-order valence-corrected chi connectivity index (χ1v) is 12.0. The molecule has 1 unspecified atom stereocenters. The van der Waals surface area contributed by atoms with Crippen molar-refractivity contribution in [1.29, 1.82) is 5.26 Å². The Balaban J connectivity index is 1.39. The second-order valence-electron chi connectivity index (χ2n) is 8.08. The Bertz CT molecular complexity index is 1340. The summed E-state index contributed by atoms with van der Waals surface area (Å²) in [4.78, 5) is 0.143. The van der Waals surface area contributed by atoms with Crippen molar-refractivity contribution >= 4 is 21.8 Å². The average molecular weight is 477 g/mol. The Kier molecular flexibility index (Phi) is 6.59. The van der Waals surface area contributed by atoms with Crippen molar-refractivity contribution in [2.24, 2.45) is 0 Å². The minimum Gasteiger partial charge on any atom is -0.497 e. The van der Waals surface area contributed by atoms with Crippen molar-refractivity contribution in [3.8, 4) is 17.6 Å². The van der Waals surface area contributed by atoms with Crippen molar-refractivity contribution in [2.75, 3.05) is 18.4 Å². The molecule has 0 saturated heterocycles. The van der Waals surface area contributed by atoms with Gasteiger partial charge in [-0.25, -0.2) is 8.42 Å². The number of nitrogens with zero attached hydrogens (tertiary/aromatic N) is 1. The fraction of sp³-hybridized carbons (Fsp3) is 0.192. The zero-order valence-electron chi connectivity index (χ0n) is 18.8. The van der Waals surface area contributed by atoms with Gasteiger partial charge in [0.1, 0.15) is 17.1 Å². The van der Waals surface area contributed by atoms with Gasteiger partial charge in [-0.3, -0.25) is 4.72 Å². The summed E-state index contributed by atoms with van der Waals surface area (Å²) < 4.78 is 45.1. The van der Waals surface area contributed by atoms with E-state index in [-0.39, 0.29) is 4.90 Å². The standard InChI is InChI=1S/C26H24N2O5S/c1-26(18-32-17-20-5-3-19(16-27)4-6-20)14-13-21-15-22(7-12-25(21)33-26)28-34(29,30)24-10-8-23(31-2)9-11-24/h3-15,28H,17-18H2,1-2H3. The molecule has 34 heavy (non-hydrogen) atoms. The number of ether oxygens (including phenoxy) is 3. The molecule has 8 heteroatoms. The molecule has 1 heterocycles. The molecule has 3 aromatic rings. The molecule has 1 aliphatic heterocycles. The van der Waals surface area contributed by atoms with Crippen LogP contribution in [0.1, 0.15) is 23.6 Å². The van der Waals surface area contributed by atoms with Crippen LogP contribution in [0.3, 0.4) is 0 Å². The summed E-state index contributed by atoms with van der Waals surface area (Å²) in [7, 11) is -2.21. The fourth-order valence-electron chi connectivity index (χ4n) is 3.48. The van der Waals surface area contributed by atoms with Gasteiger partial charge in [0.2, 0.25) is 0 Å². The summed E-state index contributed by atoms with van der Waals surface area (Å²) in [6.45, 7) is 2.65. The number of hydrogen-bond donors (Lipinski definition) is 1. The maximum absolute atomic E-state index is 12.7. The molecular weight excluding hydrogens is 452 g/mol. The molecule has 174 valence electrons. The molecule has 1 atom stereocenters. The average Bonchev–Trinajstić information content (AvgIpc) is 2.84. The molecule has 0 fully saturated rings. The highest BCUT2D eigenvalue weighted by atomic mass is 32.2. The number of nitrogens with one attached hydrogen (secondary N) is 1. The first-order valence-electron chi connectivity index (χ1n) is 10.6. The molecule has 0 bridgehead atoms. The topological polar surface area (TPSA) is 97.7 Å². The van der Waals surface area contributed by atoms with Crippen LogP contribution in [0.2, 0.25) is 0 Å². The van der Waals surface area contributed by atoms with Crippen LogP contribution in [0.15, 0.2) is 77.7 Å². The summed E-state index contributed by atoms with van der Waals surface area (Å²) in [5.41, 5.74) is 2.11. The maximum atomic E-state index is 12.7. The van der Waals surface area contributed by atoms with Crippen LogP contribution in [0.25, 0.3) is 6.08 Å². The molecule has 0 spiro atoms. The van der Waals surface area contributed by atoms with E-state index in [4.69, 9.17) is 19.5 Å². The minimum atomic E-state index is -3.74. The summed E-state index contributed by atoms with van der Waals surface area (Å²) >= 11 is 0. The molecular formula is C26H24N2O5S. The van der Waals surface area contributed by atoms with Gasteiger partial charge in [-0.15, -0.1) is 0 Å². The third kappa shape index (κ3) is 5.39. The molecule has 7 nitrogen and oxygen atoms in total. The molecule has 1 aliphatic rings. The van der Waals surface area contributed by atoms with Crippen molar-refractivity contribution in [3.63, 3.8) is 0 Å². The van der Waals surface area contributed by atoms with Gasteiger partial charge in [-0.1, -0.05) is 18.2 Å². The lowest BCUT2D eigenvalue weighted by Crippen LogP contribution is -2.37. The van der Waals surface area contributed by atoms with E-state index in [0.717, 1.165) is 11.1 Å². The number of methoxy groups -OCH3 is 1. The maximum Gasteiger partial charge on any atom is 0.261 e. The fourth-order valence-corrected chi connectivity index (χ4v) is 4.53. The van der Waals surface area contributed by atoms with Crippen molar-refractivity contribution in [1.82, 2.24) is 0 Å². The molecule has 0 radical (unpaired) electrons. The second-order valence-corrected chi connectivity index (χ2v) is 9.77. The Hall–Kier alpha value is -3.80. The lowest BCUT2D eigenvalue weighted by atomic mass is 10.0. The smallest absolute Gasteiger partial charge is 0.261 e. The Labute approximate surface area is 199 Å². The third-order valence-corrected chi connectivity index (χ3v) is 6.73. The predicted molar refractivity (Wildman–Crippen MR) is 129 cm³/mol. The van der Waals surface area contributed by atoms with Gasteiger partial charge in [0, 0.05) is 11.3 Å². The van der Waals surface area contributed by atoms with Crippen LogP contribution in [-0.4, -0.2) is 27.7 Å². The highest BCUT2D eigenvalue weighted by Crippen LogP contribution is 2.34. The number of nitriles is 1. The van der Waals surface area contributed by atoms with Crippen LogP contribution in [-0.2, 0) is 21.4 Å². The Morgan fingerprint density at radius 3 is 2.47 bits per heavy atom. The van der Waals surface area contributed by atoms with Gasteiger partial charge >= 0.3 is 0 Å². The number of anilines is 1. The number of hydrogen-bond acceptors (Lipinski definition) is 6. The first kappa shape index (κ1) is 23.4. The molecule has 3 aromatic carbocycles. The number of benzene rings is 3. The summed E-state index contributed by atoms with van der Waals surface area (Å²) in [5.74, 6) is 1.22. The molecule has 0 amide bonds. The number of sulfonamides is 1. The quantitative estimate of drug-likeness (QED) is 0.504. The van der Waals surface area contributed by atoms with E-state index < -0.39 is 15.6 Å². The van der Waals surface area contributed by atoms with Crippen molar-refractivity contribution in [2.45, 2.75) is 24.0 Å². The van der Waals surface area contributed by atoms with Gasteiger partial charge in [0.05, 0.1) is 36.9 Å². The van der Waals surface area contributed by atoms with E-state index in [1.807, 2.05) is 31.2 Å². The number of rotatable bonds is 8. The van der Waals surface area contributed by atoms with E-state index in [1.165, 1.54) is 19.2 Å². The lowest BCUT2D eigenvalue weighted by Gasteiger charge is -2.31. The molecule has 0 aromatic heterocycles. The number of fused-ring (bicyclic) bond motifs is 1. The van der Waals surface area contributed by atoms with E-state index >= 15 is 0 Å². The highest BCUT2D eigenvalue weighted by Gasteiger charge is 2.28. The Morgan fingerprint density at radius 1 is 1.06 bits per heavy atom. The largest absolute Gasteiger partial charge is 0.497 e. The summed E-state index contributed by atoms with van der Waals surface area (Å²) in [6, 6.07) is 20.6. The Morgan fingerprint density at radius 2 is 1.79 bits per heavy atom. The lowest BCUT2D eigenvalue weighted by molar-refractivity contribution is 0.00632. The van der Waals surface area contributed by atoms with Gasteiger partial charge in [-0.05, 0) is 73.2 Å².